The van der Waals surface area contributed by atoms with Crippen molar-refractivity contribution in [1.82, 2.24) is 9.78 Å². The Morgan fingerprint density at radius 3 is 2.78 bits per heavy atom. The van der Waals surface area contributed by atoms with Crippen LogP contribution in [-0.4, -0.2) is 15.7 Å². The Hall–Kier alpha value is -1.52. The molecular weight excluding hydrogens is 120 g/mol. The van der Waals surface area contributed by atoms with Gasteiger partial charge in [0.25, 0.3) is 5.56 Å². The van der Waals surface area contributed by atoms with Crippen molar-refractivity contribution in [3.05, 3.63) is 22.6 Å². The van der Waals surface area contributed by atoms with Crippen LogP contribution in [0.3, 0.4) is 0 Å². The largest absolute Gasteiger partial charge is 0.368 e. The van der Waals surface area contributed by atoms with Crippen molar-refractivity contribution in [2.45, 2.75) is 0 Å². The summed E-state index contributed by atoms with van der Waals surface area (Å²) in [6, 6.07) is 1.29. The van der Waals surface area contributed by atoms with Crippen LogP contribution in [0.5, 0.6) is 0 Å². The van der Waals surface area contributed by atoms with Crippen LogP contribution in [0.4, 0.5) is 0 Å². The number of nitrogens with zero attached hydrogens (tertiary/aromatic N) is 1. The summed E-state index contributed by atoms with van der Waals surface area (Å²) >= 11 is 0. The van der Waals surface area contributed by atoms with E-state index in [1.165, 1.54) is 12.3 Å². The minimum atomic E-state index is -0.259. The van der Waals surface area contributed by atoms with Gasteiger partial charge in [0.1, 0.15) is 0 Å². The smallest absolute Gasteiger partial charge is 0.264 e. The summed E-state index contributed by atoms with van der Waals surface area (Å²) in [4.78, 5) is 10.4. The topological polar surface area (TPSA) is 87.7 Å². The van der Waals surface area contributed by atoms with Crippen molar-refractivity contribution in [1.29, 1.82) is 5.41 Å². The molecule has 0 bridgehead atoms. The lowest BCUT2D eigenvalue weighted by Gasteiger charge is -1.92. The van der Waals surface area contributed by atoms with Gasteiger partial charge in [0.05, 0.1) is 0 Å². The van der Waals surface area contributed by atoms with Gasteiger partial charge in [0.2, 0.25) is 5.96 Å². The summed E-state index contributed by atoms with van der Waals surface area (Å²) in [7, 11) is 0. The van der Waals surface area contributed by atoms with Crippen molar-refractivity contribution in [2.75, 3.05) is 0 Å². The minimum absolute atomic E-state index is 0.197. The predicted molar refractivity (Wildman–Crippen MR) is 32.4 cm³/mol. The summed E-state index contributed by atoms with van der Waals surface area (Å²) in [6.45, 7) is 0. The molecule has 0 radical (unpaired) electrons. The Morgan fingerprint density at radius 1 is 1.89 bits per heavy atom. The third-order valence-corrected chi connectivity index (χ3v) is 0.865. The van der Waals surface area contributed by atoms with Crippen molar-refractivity contribution in [2.24, 2.45) is 5.73 Å². The molecule has 5 nitrogen and oxygen atoms in total. The van der Waals surface area contributed by atoms with E-state index in [0.717, 1.165) is 4.68 Å². The van der Waals surface area contributed by atoms with E-state index in [2.05, 4.69) is 5.10 Å². The second-order valence-corrected chi connectivity index (χ2v) is 1.55. The Balaban J connectivity index is 3.12. The molecular formula is C4H6N4O. The standard InChI is InChI=1S/C4H6N4O/c5-4(6)8-2-1-3(9)7-8/h1-2H,(H3,5,6)(H,7,9). The molecule has 1 heterocycles. The van der Waals surface area contributed by atoms with Crippen molar-refractivity contribution in [3.63, 3.8) is 0 Å². The van der Waals surface area contributed by atoms with Crippen LogP contribution in [0.25, 0.3) is 0 Å². The molecule has 0 aliphatic heterocycles. The zero-order chi connectivity index (χ0) is 6.85. The molecule has 9 heavy (non-hydrogen) atoms. The zero-order valence-electron chi connectivity index (χ0n) is 4.59. The molecule has 0 fully saturated rings. The number of H-pyrrole nitrogens is 1. The highest BCUT2D eigenvalue weighted by Crippen LogP contribution is 1.71. The molecule has 5 heteroatoms. The zero-order valence-corrected chi connectivity index (χ0v) is 4.59. The van der Waals surface area contributed by atoms with E-state index in [1.54, 1.807) is 0 Å². The number of aromatic nitrogens is 2. The number of hydrogen-bond donors (Lipinski definition) is 3. The van der Waals surface area contributed by atoms with Gasteiger partial charge in [-0.25, -0.2) is 4.68 Å². The first-order valence-corrected chi connectivity index (χ1v) is 2.32. The second kappa shape index (κ2) is 1.77. The predicted octanol–water partition coefficient (Wildman–Crippen LogP) is -1.08. The molecule has 0 saturated carbocycles. The highest BCUT2D eigenvalue weighted by Gasteiger charge is 1.90. The lowest BCUT2D eigenvalue weighted by atomic mass is 10.7. The summed E-state index contributed by atoms with van der Waals surface area (Å²) in [5.74, 6) is -0.197. The fraction of sp³-hybridized carbons (Fsp3) is 0. The van der Waals surface area contributed by atoms with E-state index in [1.807, 2.05) is 0 Å². The van der Waals surface area contributed by atoms with E-state index in [4.69, 9.17) is 11.1 Å². The summed E-state index contributed by atoms with van der Waals surface area (Å²) in [5.41, 5.74) is 4.74. The minimum Gasteiger partial charge on any atom is -0.368 e. The Morgan fingerprint density at radius 2 is 2.56 bits per heavy atom. The molecule has 1 aromatic rings. The molecule has 48 valence electrons. The van der Waals surface area contributed by atoms with Crippen molar-refractivity contribution >= 4 is 5.96 Å². The van der Waals surface area contributed by atoms with Gasteiger partial charge in [-0.15, -0.1) is 0 Å². The van der Waals surface area contributed by atoms with Crippen molar-refractivity contribution < 1.29 is 0 Å². The van der Waals surface area contributed by atoms with Gasteiger partial charge in [0.15, 0.2) is 0 Å². The van der Waals surface area contributed by atoms with Crippen LogP contribution in [0.2, 0.25) is 0 Å². The molecule has 4 N–H and O–H groups in total. The van der Waals surface area contributed by atoms with E-state index in [9.17, 15) is 4.79 Å². The number of nitrogens with two attached hydrogens (primary N) is 1. The molecule has 0 spiro atoms. The average molecular weight is 126 g/mol. The number of aromatic amines is 1. The summed E-state index contributed by atoms with van der Waals surface area (Å²) in [5, 5.41) is 9.11. The Bertz CT molecular complexity index is 270. The first kappa shape index (κ1) is 5.61. The highest BCUT2D eigenvalue weighted by molar-refractivity contribution is 5.75. The molecule has 0 atom stereocenters. The van der Waals surface area contributed by atoms with Gasteiger partial charge in [-0.1, -0.05) is 0 Å². The third-order valence-electron chi connectivity index (χ3n) is 0.865. The van der Waals surface area contributed by atoms with Crippen LogP contribution in [0, 0.1) is 5.41 Å². The van der Waals surface area contributed by atoms with Gasteiger partial charge < -0.3 is 5.73 Å². The molecule has 0 aromatic carbocycles. The molecule has 0 aliphatic carbocycles. The summed E-state index contributed by atoms with van der Waals surface area (Å²) < 4.78 is 1.13. The number of nitrogen functional groups attached to an aromatic ring is 1. The first-order chi connectivity index (χ1) is 4.20. The molecule has 1 aromatic heterocycles. The van der Waals surface area contributed by atoms with Crippen LogP contribution in [-0.2, 0) is 0 Å². The van der Waals surface area contributed by atoms with Gasteiger partial charge in [-0.2, -0.15) is 0 Å². The van der Waals surface area contributed by atoms with Gasteiger partial charge in [-0.05, 0) is 0 Å². The second-order valence-electron chi connectivity index (χ2n) is 1.55. The van der Waals surface area contributed by atoms with Gasteiger partial charge >= 0.3 is 0 Å². The number of nitrogens with one attached hydrogen (secondary N) is 2. The summed E-state index contributed by atoms with van der Waals surface area (Å²) in [6.07, 6.45) is 1.39. The normalized spacial score (nSPS) is 9.33. The van der Waals surface area contributed by atoms with E-state index in [0.29, 0.717) is 0 Å². The maximum Gasteiger partial charge on any atom is 0.264 e. The molecule has 0 aliphatic rings. The van der Waals surface area contributed by atoms with Gasteiger partial charge in [0, 0.05) is 12.3 Å². The van der Waals surface area contributed by atoms with Gasteiger partial charge in [-0.3, -0.25) is 15.3 Å². The molecule has 0 unspecified atom stereocenters. The lowest BCUT2D eigenvalue weighted by molar-refractivity contribution is 0.894. The van der Waals surface area contributed by atoms with Crippen LogP contribution >= 0.6 is 0 Å². The quantitative estimate of drug-likeness (QED) is 0.305. The van der Waals surface area contributed by atoms with E-state index < -0.39 is 0 Å². The maximum absolute atomic E-state index is 10.4. The number of hydrogen-bond acceptors (Lipinski definition) is 2. The average Bonchev–Trinajstić information content (AvgIpc) is 2.14. The molecule has 1 rings (SSSR count). The van der Waals surface area contributed by atoms with Crippen LogP contribution in [0.15, 0.2) is 17.1 Å². The molecule has 0 saturated heterocycles. The SMILES string of the molecule is N=C(N)n1ccc(=O)[nH]1. The molecule has 0 amide bonds. The third kappa shape index (κ3) is 0.987. The maximum atomic E-state index is 10.4. The first-order valence-electron chi connectivity index (χ1n) is 2.32. The Labute approximate surface area is 50.6 Å². The Kier molecular flexibility index (Phi) is 1.11. The highest BCUT2D eigenvalue weighted by atomic mass is 16.1. The monoisotopic (exact) mass is 126 g/mol. The van der Waals surface area contributed by atoms with E-state index in [-0.39, 0.29) is 11.5 Å². The number of rotatable bonds is 0. The van der Waals surface area contributed by atoms with E-state index >= 15 is 0 Å². The fourth-order valence-electron chi connectivity index (χ4n) is 0.476. The van der Waals surface area contributed by atoms with Crippen molar-refractivity contribution in [3.8, 4) is 0 Å². The lowest BCUT2D eigenvalue weighted by Crippen LogP contribution is -2.22. The van der Waals surface area contributed by atoms with Crippen LogP contribution < -0.4 is 11.3 Å². The fourth-order valence-corrected chi connectivity index (χ4v) is 0.476. The van der Waals surface area contributed by atoms with Crippen LogP contribution in [0.1, 0.15) is 0 Å².